The lowest BCUT2D eigenvalue weighted by molar-refractivity contribution is -0.137. The molecule has 0 aliphatic heterocycles. The zero-order valence-corrected chi connectivity index (χ0v) is 15.5. The number of carbonyl (C=O) groups is 1. The first-order valence-corrected chi connectivity index (χ1v) is 8.44. The number of benzene rings is 2. The van der Waals surface area contributed by atoms with E-state index in [-0.39, 0.29) is 12.3 Å². The second kappa shape index (κ2) is 9.43. The third-order valence-electron chi connectivity index (χ3n) is 3.60. The van der Waals surface area contributed by atoms with Crippen molar-refractivity contribution in [3.05, 3.63) is 54.1 Å². The number of likely N-dealkylation sites (N-methyl/N-ethyl adjacent to an activating group) is 1. The van der Waals surface area contributed by atoms with Crippen molar-refractivity contribution in [3.8, 4) is 5.75 Å². The van der Waals surface area contributed by atoms with Crippen LogP contribution in [-0.2, 0) is 6.18 Å². The molecule has 6 nitrogen and oxygen atoms in total. The number of aliphatic hydroxyl groups is 1. The van der Waals surface area contributed by atoms with E-state index >= 15 is 0 Å². The average Bonchev–Trinajstić information content (AvgIpc) is 2.60. The van der Waals surface area contributed by atoms with Crippen LogP contribution >= 0.6 is 0 Å². The van der Waals surface area contributed by atoms with E-state index in [4.69, 9.17) is 4.74 Å². The van der Waals surface area contributed by atoms with Crippen LogP contribution in [0.5, 0.6) is 5.75 Å². The number of hydrogen-bond donors (Lipinski definition) is 3. The highest BCUT2D eigenvalue weighted by Gasteiger charge is 2.29. The molecule has 0 radical (unpaired) electrons. The summed E-state index contributed by atoms with van der Waals surface area (Å²) in [6.45, 7) is 0.614. The summed E-state index contributed by atoms with van der Waals surface area (Å²) in [6, 6.07) is 10.1. The molecule has 0 aliphatic carbocycles. The molecule has 2 amide bonds. The van der Waals surface area contributed by atoms with E-state index in [9.17, 15) is 23.1 Å². The van der Waals surface area contributed by atoms with Crippen molar-refractivity contribution in [2.24, 2.45) is 0 Å². The average molecular weight is 397 g/mol. The third-order valence-corrected chi connectivity index (χ3v) is 3.60. The highest BCUT2D eigenvalue weighted by atomic mass is 19.4. The van der Waals surface area contributed by atoms with Gasteiger partial charge in [0, 0.05) is 17.9 Å². The standard InChI is InChI=1S/C19H22F3N3O3/c1-25(2)11-16(26)12-28-17-9-7-15(8-10-17)24-18(27)23-14-5-3-13(4-6-14)19(20,21)22/h3-10,16,26H,11-12H2,1-2H3,(H2,23,24,27). The second-order valence-electron chi connectivity index (χ2n) is 6.41. The Hall–Kier alpha value is -2.78. The van der Waals surface area contributed by atoms with Gasteiger partial charge in [-0.2, -0.15) is 13.2 Å². The molecule has 28 heavy (non-hydrogen) atoms. The maximum atomic E-state index is 12.5. The van der Waals surface area contributed by atoms with Gasteiger partial charge in [-0.15, -0.1) is 0 Å². The van der Waals surface area contributed by atoms with Crippen LogP contribution in [0.15, 0.2) is 48.5 Å². The van der Waals surface area contributed by atoms with Crippen molar-refractivity contribution >= 4 is 17.4 Å². The summed E-state index contributed by atoms with van der Waals surface area (Å²) in [5.41, 5.74) is -0.0734. The number of alkyl halides is 3. The lowest BCUT2D eigenvalue weighted by Crippen LogP contribution is -2.30. The Morgan fingerprint density at radius 1 is 1.04 bits per heavy atom. The molecule has 0 aromatic heterocycles. The maximum Gasteiger partial charge on any atom is 0.416 e. The van der Waals surface area contributed by atoms with Crippen LogP contribution in [0.25, 0.3) is 0 Å². The molecule has 152 valence electrons. The van der Waals surface area contributed by atoms with Gasteiger partial charge in [0.2, 0.25) is 0 Å². The van der Waals surface area contributed by atoms with Crippen LogP contribution < -0.4 is 15.4 Å². The van der Waals surface area contributed by atoms with E-state index < -0.39 is 23.9 Å². The van der Waals surface area contributed by atoms with Crippen molar-refractivity contribution in [1.82, 2.24) is 4.90 Å². The molecule has 0 bridgehead atoms. The lowest BCUT2D eigenvalue weighted by atomic mass is 10.2. The molecule has 0 aliphatic rings. The van der Waals surface area contributed by atoms with E-state index in [1.807, 2.05) is 19.0 Å². The van der Waals surface area contributed by atoms with Gasteiger partial charge in [0.15, 0.2) is 0 Å². The van der Waals surface area contributed by atoms with Crippen LogP contribution in [-0.4, -0.2) is 49.4 Å². The number of amides is 2. The van der Waals surface area contributed by atoms with E-state index in [0.717, 1.165) is 12.1 Å². The highest BCUT2D eigenvalue weighted by molar-refractivity contribution is 5.99. The summed E-state index contributed by atoms with van der Waals surface area (Å²) in [4.78, 5) is 13.8. The van der Waals surface area contributed by atoms with E-state index in [0.29, 0.717) is 18.0 Å². The highest BCUT2D eigenvalue weighted by Crippen LogP contribution is 2.29. The number of halogens is 3. The molecule has 2 aromatic rings. The van der Waals surface area contributed by atoms with Crippen molar-refractivity contribution in [2.75, 3.05) is 37.9 Å². The fraction of sp³-hybridized carbons (Fsp3) is 0.316. The number of ether oxygens (including phenoxy) is 1. The van der Waals surface area contributed by atoms with Crippen molar-refractivity contribution in [3.63, 3.8) is 0 Å². The SMILES string of the molecule is CN(C)CC(O)COc1ccc(NC(=O)Nc2ccc(C(F)(F)F)cc2)cc1. The Labute approximate surface area is 160 Å². The molecule has 0 heterocycles. The Morgan fingerprint density at radius 2 is 1.54 bits per heavy atom. The first-order valence-electron chi connectivity index (χ1n) is 8.44. The molecule has 0 spiro atoms. The normalized spacial score (nSPS) is 12.5. The minimum Gasteiger partial charge on any atom is -0.491 e. The molecule has 1 unspecified atom stereocenters. The van der Waals surface area contributed by atoms with Crippen molar-refractivity contribution in [1.29, 1.82) is 0 Å². The van der Waals surface area contributed by atoms with Gasteiger partial charge in [-0.1, -0.05) is 0 Å². The third kappa shape index (κ3) is 7.09. The predicted molar refractivity (Wildman–Crippen MR) is 101 cm³/mol. The number of aliphatic hydroxyl groups excluding tert-OH is 1. The zero-order valence-electron chi connectivity index (χ0n) is 15.5. The van der Waals surface area contributed by atoms with Crippen molar-refractivity contribution < 1.29 is 27.8 Å². The number of rotatable bonds is 7. The topological polar surface area (TPSA) is 73.8 Å². The first kappa shape index (κ1) is 21.5. The Kier molecular flexibility index (Phi) is 7.24. The summed E-state index contributed by atoms with van der Waals surface area (Å²) in [5.74, 6) is 0.534. The Morgan fingerprint density at radius 3 is 2.00 bits per heavy atom. The summed E-state index contributed by atoms with van der Waals surface area (Å²) in [6.07, 6.45) is -5.05. The van der Waals surface area contributed by atoms with Gasteiger partial charge in [0.25, 0.3) is 0 Å². The van der Waals surface area contributed by atoms with Crippen LogP contribution in [0.2, 0.25) is 0 Å². The van der Waals surface area contributed by atoms with Gasteiger partial charge in [-0.3, -0.25) is 0 Å². The molecule has 2 rings (SSSR count). The van der Waals surface area contributed by atoms with Crippen LogP contribution in [0.3, 0.4) is 0 Å². The summed E-state index contributed by atoms with van der Waals surface area (Å²) < 4.78 is 43.1. The quantitative estimate of drug-likeness (QED) is 0.667. The van der Waals surface area contributed by atoms with Gasteiger partial charge >= 0.3 is 12.2 Å². The second-order valence-corrected chi connectivity index (χ2v) is 6.41. The minimum absolute atomic E-state index is 0.138. The number of nitrogens with zero attached hydrogens (tertiary/aromatic N) is 1. The van der Waals surface area contributed by atoms with Gasteiger partial charge in [-0.25, -0.2) is 4.79 Å². The van der Waals surface area contributed by atoms with Gasteiger partial charge in [0.1, 0.15) is 18.5 Å². The van der Waals surface area contributed by atoms with Gasteiger partial charge in [-0.05, 0) is 62.6 Å². The van der Waals surface area contributed by atoms with Gasteiger partial charge < -0.3 is 25.4 Å². The number of carbonyl (C=O) groups excluding carboxylic acids is 1. The molecular weight excluding hydrogens is 375 g/mol. The molecular formula is C19H22F3N3O3. The predicted octanol–water partition coefficient (Wildman–Crippen LogP) is 3.65. The van der Waals surface area contributed by atoms with Crippen LogP contribution in [0.4, 0.5) is 29.3 Å². The minimum atomic E-state index is -4.42. The number of nitrogens with one attached hydrogen (secondary N) is 2. The molecule has 3 N–H and O–H groups in total. The number of hydrogen-bond acceptors (Lipinski definition) is 4. The summed E-state index contributed by atoms with van der Waals surface area (Å²) in [5, 5.41) is 14.8. The molecule has 1 atom stereocenters. The Balaban J connectivity index is 1.84. The lowest BCUT2D eigenvalue weighted by Gasteiger charge is -2.16. The molecule has 0 saturated heterocycles. The fourth-order valence-corrected chi connectivity index (χ4v) is 2.34. The van der Waals surface area contributed by atoms with Crippen LogP contribution in [0, 0.1) is 0 Å². The molecule has 9 heteroatoms. The van der Waals surface area contributed by atoms with E-state index in [1.54, 1.807) is 24.3 Å². The number of urea groups is 1. The smallest absolute Gasteiger partial charge is 0.416 e. The van der Waals surface area contributed by atoms with Gasteiger partial charge in [0.05, 0.1) is 5.56 Å². The monoisotopic (exact) mass is 397 g/mol. The zero-order chi connectivity index (χ0) is 20.7. The summed E-state index contributed by atoms with van der Waals surface area (Å²) in [7, 11) is 3.69. The largest absolute Gasteiger partial charge is 0.491 e. The van der Waals surface area contributed by atoms with E-state index in [1.165, 1.54) is 12.1 Å². The first-order chi connectivity index (χ1) is 13.1. The molecule has 0 saturated carbocycles. The van der Waals surface area contributed by atoms with Crippen molar-refractivity contribution in [2.45, 2.75) is 12.3 Å². The Bertz CT molecular complexity index is 763. The number of anilines is 2. The van der Waals surface area contributed by atoms with Crippen LogP contribution in [0.1, 0.15) is 5.56 Å². The summed E-state index contributed by atoms with van der Waals surface area (Å²) >= 11 is 0. The maximum absolute atomic E-state index is 12.5. The fourth-order valence-electron chi connectivity index (χ4n) is 2.34. The van der Waals surface area contributed by atoms with E-state index in [2.05, 4.69) is 10.6 Å². The molecule has 2 aromatic carbocycles. The molecule has 0 fully saturated rings.